The lowest BCUT2D eigenvalue weighted by Crippen LogP contribution is -2.04. The van der Waals surface area contributed by atoms with E-state index in [2.05, 4.69) is 0 Å². The molecule has 2 aromatic carbocycles. The van der Waals surface area contributed by atoms with E-state index >= 15 is 0 Å². The molecule has 0 spiro atoms. The zero-order chi connectivity index (χ0) is 17.1. The number of carbonyl (C=O) groups is 1. The topological polar surface area (TPSA) is 68.9 Å². The molecule has 0 bridgehead atoms. The molecule has 1 aromatic heterocycles. The van der Waals surface area contributed by atoms with Crippen molar-refractivity contribution >= 4 is 16.7 Å². The van der Waals surface area contributed by atoms with Crippen LogP contribution in [-0.4, -0.2) is 17.2 Å². The molecule has 0 atom stereocenters. The lowest BCUT2D eigenvalue weighted by Gasteiger charge is -2.08. The van der Waals surface area contributed by atoms with E-state index in [1.165, 1.54) is 0 Å². The average molecular weight is 326 g/mol. The van der Waals surface area contributed by atoms with Crippen LogP contribution in [0.4, 0.5) is 0 Å². The Balaban J connectivity index is 1.92. The van der Waals surface area contributed by atoms with Crippen molar-refractivity contribution in [2.45, 2.75) is 26.6 Å². The van der Waals surface area contributed by atoms with E-state index in [4.69, 9.17) is 13.9 Å². The minimum Gasteiger partial charge on any atom is -0.489 e. The summed E-state index contributed by atoms with van der Waals surface area (Å²) in [5.41, 5.74) is 1.05. The molecule has 0 saturated carbocycles. The Bertz CT molecular complexity index is 849. The highest BCUT2D eigenvalue weighted by molar-refractivity contribution is 6.03. The Morgan fingerprint density at radius 1 is 1.12 bits per heavy atom. The maximum Gasteiger partial charge on any atom is 0.372 e. The third-order valence-corrected chi connectivity index (χ3v) is 3.44. The fourth-order valence-corrected chi connectivity index (χ4v) is 2.38. The van der Waals surface area contributed by atoms with Crippen molar-refractivity contribution in [3.05, 3.63) is 59.9 Å². The van der Waals surface area contributed by atoms with Crippen molar-refractivity contribution in [2.75, 3.05) is 0 Å². The molecular formula is C19H18O5. The van der Waals surface area contributed by atoms with E-state index in [1.54, 1.807) is 18.2 Å². The zero-order valence-electron chi connectivity index (χ0n) is 13.5. The van der Waals surface area contributed by atoms with Gasteiger partial charge in [0.1, 0.15) is 12.4 Å². The first-order chi connectivity index (χ1) is 11.5. The summed E-state index contributed by atoms with van der Waals surface area (Å²) in [6.45, 7) is 4.13. The number of hydrogen-bond donors (Lipinski definition) is 1. The highest BCUT2D eigenvalue weighted by Crippen LogP contribution is 2.35. The summed E-state index contributed by atoms with van der Waals surface area (Å²) in [6, 6.07) is 15.0. The van der Waals surface area contributed by atoms with Crippen LogP contribution >= 0.6 is 0 Å². The second-order valence-corrected chi connectivity index (χ2v) is 5.67. The first-order valence-corrected chi connectivity index (χ1v) is 7.68. The van der Waals surface area contributed by atoms with Crippen LogP contribution < -0.4 is 9.47 Å². The lowest BCUT2D eigenvalue weighted by atomic mass is 10.1. The molecule has 3 aromatic rings. The number of rotatable bonds is 6. The van der Waals surface area contributed by atoms with Gasteiger partial charge < -0.3 is 19.0 Å². The van der Waals surface area contributed by atoms with Gasteiger partial charge in [0, 0.05) is 5.39 Å². The predicted molar refractivity (Wildman–Crippen MR) is 89.7 cm³/mol. The molecule has 0 aliphatic rings. The first kappa shape index (κ1) is 15.9. The molecule has 5 nitrogen and oxygen atoms in total. The maximum atomic E-state index is 11.3. The van der Waals surface area contributed by atoms with Gasteiger partial charge in [-0.15, -0.1) is 0 Å². The van der Waals surface area contributed by atoms with Crippen LogP contribution in [0.1, 0.15) is 30.0 Å². The molecule has 0 aliphatic carbocycles. The van der Waals surface area contributed by atoms with Gasteiger partial charge in [0.25, 0.3) is 5.95 Å². The fraction of sp³-hybridized carbons (Fsp3) is 0.211. The van der Waals surface area contributed by atoms with Crippen LogP contribution in [0.5, 0.6) is 11.7 Å². The van der Waals surface area contributed by atoms with Crippen LogP contribution in [0, 0.1) is 0 Å². The van der Waals surface area contributed by atoms with Crippen molar-refractivity contribution in [3.8, 4) is 11.7 Å². The fourth-order valence-electron chi connectivity index (χ4n) is 2.38. The van der Waals surface area contributed by atoms with E-state index in [1.807, 2.05) is 44.2 Å². The van der Waals surface area contributed by atoms with Gasteiger partial charge in [-0.3, -0.25) is 0 Å². The Kier molecular flexibility index (Phi) is 4.42. The molecule has 0 unspecified atom stereocenters. The summed E-state index contributed by atoms with van der Waals surface area (Å²) in [7, 11) is 0. The summed E-state index contributed by atoms with van der Waals surface area (Å²) in [5.74, 6) is -0.438. The van der Waals surface area contributed by atoms with E-state index in [0.717, 1.165) is 5.56 Å². The number of benzene rings is 2. The molecule has 0 radical (unpaired) electrons. The zero-order valence-corrected chi connectivity index (χ0v) is 13.5. The summed E-state index contributed by atoms with van der Waals surface area (Å²) < 4.78 is 16.8. The number of carboxylic acid groups (broad SMARTS) is 1. The monoisotopic (exact) mass is 326 g/mol. The SMILES string of the molecule is CC(C)Oc1oc(C(=O)O)c2ccc(OCc3ccccc3)cc12. The number of furan rings is 1. The molecule has 3 rings (SSSR count). The molecule has 0 aliphatic heterocycles. The summed E-state index contributed by atoms with van der Waals surface area (Å²) in [4.78, 5) is 11.3. The van der Waals surface area contributed by atoms with E-state index in [9.17, 15) is 9.90 Å². The smallest absolute Gasteiger partial charge is 0.372 e. The first-order valence-electron chi connectivity index (χ1n) is 7.68. The largest absolute Gasteiger partial charge is 0.489 e. The predicted octanol–water partition coefficient (Wildman–Crippen LogP) is 4.50. The van der Waals surface area contributed by atoms with Crippen LogP contribution in [0.3, 0.4) is 0 Å². The maximum absolute atomic E-state index is 11.3. The number of aromatic carboxylic acids is 1. The number of ether oxygens (including phenoxy) is 2. The lowest BCUT2D eigenvalue weighted by molar-refractivity contribution is 0.0652. The van der Waals surface area contributed by atoms with Gasteiger partial charge >= 0.3 is 5.97 Å². The van der Waals surface area contributed by atoms with Gasteiger partial charge in [-0.25, -0.2) is 4.79 Å². The van der Waals surface area contributed by atoms with Crippen molar-refractivity contribution in [3.63, 3.8) is 0 Å². The number of fused-ring (bicyclic) bond motifs is 1. The highest BCUT2D eigenvalue weighted by Gasteiger charge is 2.21. The Hall–Kier alpha value is -2.95. The van der Waals surface area contributed by atoms with Gasteiger partial charge in [-0.1, -0.05) is 30.3 Å². The quantitative estimate of drug-likeness (QED) is 0.722. The molecule has 124 valence electrons. The van der Waals surface area contributed by atoms with Crippen molar-refractivity contribution in [1.82, 2.24) is 0 Å². The standard InChI is InChI=1S/C19H18O5/c1-12(2)23-19-16-10-14(22-11-13-6-4-3-5-7-13)8-9-15(16)17(24-19)18(20)21/h3-10,12H,11H2,1-2H3,(H,20,21). The van der Waals surface area contributed by atoms with Gasteiger partial charge in [0.2, 0.25) is 5.76 Å². The number of carboxylic acids is 1. The molecular weight excluding hydrogens is 308 g/mol. The third kappa shape index (κ3) is 3.35. The second kappa shape index (κ2) is 6.66. The highest BCUT2D eigenvalue weighted by atomic mass is 16.6. The summed E-state index contributed by atoms with van der Waals surface area (Å²) in [6.07, 6.45) is -0.130. The van der Waals surface area contributed by atoms with Gasteiger partial charge in [0.05, 0.1) is 11.5 Å². The Labute approximate surface area is 139 Å². The molecule has 1 heterocycles. The van der Waals surface area contributed by atoms with Gasteiger partial charge in [-0.05, 0) is 37.6 Å². The van der Waals surface area contributed by atoms with Crippen LogP contribution in [0.15, 0.2) is 52.9 Å². The minimum absolute atomic E-state index is 0.129. The van der Waals surface area contributed by atoms with Gasteiger partial charge in [0.15, 0.2) is 0 Å². The van der Waals surface area contributed by atoms with Crippen molar-refractivity contribution in [2.24, 2.45) is 0 Å². The summed E-state index contributed by atoms with van der Waals surface area (Å²) in [5, 5.41) is 10.4. The molecule has 0 fully saturated rings. The summed E-state index contributed by atoms with van der Waals surface area (Å²) >= 11 is 0. The normalized spacial score (nSPS) is 11.0. The molecule has 1 N–H and O–H groups in total. The molecule has 24 heavy (non-hydrogen) atoms. The Morgan fingerprint density at radius 3 is 2.54 bits per heavy atom. The van der Waals surface area contributed by atoms with Crippen molar-refractivity contribution < 1.29 is 23.8 Å². The molecule has 0 saturated heterocycles. The third-order valence-electron chi connectivity index (χ3n) is 3.44. The van der Waals surface area contributed by atoms with Crippen LogP contribution in [0.25, 0.3) is 10.8 Å². The number of hydrogen-bond acceptors (Lipinski definition) is 4. The molecule has 5 heteroatoms. The minimum atomic E-state index is -1.13. The molecule has 0 amide bonds. The van der Waals surface area contributed by atoms with Crippen LogP contribution in [0.2, 0.25) is 0 Å². The van der Waals surface area contributed by atoms with Crippen molar-refractivity contribution in [1.29, 1.82) is 0 Å². The average Bonchev–Trinajstić information content (AvgIpc) is 2.91. The second-order valence-electron chi connectivity index (χ2n) is 5.67. The van der Waals surface area contributed by atoms with E-state index in [0.29, 0.717) is 23.1 Å². The van der Waals surface area contributed by atoms with E-state index < -0.39 is 5.97 Å². The van der Waals surface area contributed by atoms with E-state index in [-0.39, 0.29) is 17.8 Å². The van der Waals surface area contributed by atoms with Gasteiger partial charge in [-0.2, -0.15) is 0 Å². The Morgan fingerprint density at radius 2 is 1.88 bits per heavy atom. The van der Waals surface area contributed by atoms with Crippen LogP contribution in [-0.2, 0) is 6.61 Å².